The second kappa shape index (κ2) is 7.61. The van der Waals surface area contributed by atoms with Crippen LogP contribution in [0, 0.1) is 5.82 Å². The topological polar surface area (TPSA) is 56.8 Å². The van der Waals surface area contributed by atoms with Crippen molar-refractivity contribution in [3.63, 3.8) is 0 Å². The molecule has 0 aliphatic carbocycles. The first-order valence-corrected chi connectivity index (χ1v) is 10.9. The number of para-hydroxylation sites is 1. The summed E-state index contributed by atoms with van der Waals surface area (Å²) < 4.78 is 14.6. The third-order valence-corrected chi connectivity index (χ3v) is 6.98. The van der Waals surface area contributed by atoms with Crippen LogP contribution in [0.25, 0.3) is 10.2 Å². The molecule has 3 heterocycles. The van der Waals surface area contributed by atoms with Crippen LogP contribution < -0.4 is 9.80 Å². The molecule has 2 saturated heterocycles. The van der Waals surface area contributed by atoms with Gasteiger partial charge in [-0.2, -0.15) is 0 Å². The van der Waals surface area contributed by atoms with Crippen LogP contribution in [-0.4, -0.2) is 53.9 Å². The number of amides is 2. The van der Waals surface area contributed by atoms with Crippen LogP contribution >= 0.6 is 22.9 Å². The van der Waals surface area contributed by atoms with Crippen molar-refractivity contribution in [1.29, 1.82) is 0 Å². The van der Waals surface area contributed by atoms with Crippen molar-refractivity contribution in [1.82, 2.24) is 9.88 Å². The summed E-state index contributed by atoms with van der Waals surface area (Å²) in [5, 5.41) is 0.869. The van der Waals surface area contributed by atoms with Crippen LogP contribution in [0.3, 0.4) is 0 Å². The Morgan fingerprint density at radius 3 is 2.57 bits per heavy atom. The molecule has 2 fully saturated rings. The lowest BCUT2D eigenvalue weighted by molar-refractivity contribution is -0.123. The zero-order valence-electron chi connectivity index (χ0n) is 15.9. The lowest BCUT2D eigenvalue weighted by Gasteiger charge is -2.36. The molecule has 3 aromatic rings. The number of fused-ring (bicyclic) bond motifs is 1. The van der Waals surface area contributed by atoms with Crippen LogP contribution in [0.15, 0.2) is 42.5 Å². The summed E-state index contributed by atoms with van der Waals surface area (Å²) in [6.07, 6.45) is 0.120. The van der Waals surface area contributed by atoms with Crippen molar-refractivity contribution < 1.29 is 14.0 Å². The lowest BCUT2D eigenvalue weighted by atomic mass is 10.2. The summed E-state index contributed by atoms with van der Waals surface area (Å²) >= 11 is 7.49. The number of carbonyl (C=O) groups excluding carboxylic acids is 2. The highest BCUT2D eigenvalue weighted by Crippen LogP contribution is 2.32. The number of halogens is 2. The van der Waals surface area contributed by atoms with Gasteiger partial charge in [0, 0.05) is 26.2 Å². The normalized spacial score (nSPS) is 20.5. The molecule has 0 radical (unpaired) electrons. The van der Waals surface area contributed by atoms with Gasteiger partial charge in [-0.3, -0.25) is 14.5 Å². The fourth-order valence-electron chi connectivity index (χ4n) is 4.02. The quantitative estimate of drug-likeness (QED) is 0.578. The van der Waals surface area contributed by atoms with Crippen LogP contribution in [0.5, 0.6) is 0 Å². The highest BCUT2D eigenvalue weighted by Gasteiger charge is 2.43. The van der Waals surface area contributed by atoms with Crippen molar-refractivity contribution in [2.45, 2.75) is 12.5 Å². The summed E-state index contributed by atoms with van der Waals surface area (Å²) in [6.45, 7) is 2.80. The van der Waals surface area contributed by atoms with Gasteiger partial charge in [0.25, 0.3) is 5.91 Å². The van der Waals surface area contributed by atoms with Gasteiger partial charge >= 0.3 is 0 Å². The second-order valence-electron chi connectivity index (χ2n) is 7.37. The number of anilines is 2. The fourth-order valence-corrected chi connectivity index (χ4v) is 5.21. The van der Waals surface area contributed by atoms with Crippen molar-refractivity contribution >= 4 is 55.8 Å². The maximum Gasteiger partial charge on any atom is 0.251 e. The molecule has 2 amide bonds. The highest BCUT2D eigenvalue weighted by molar-refractivity contribution is 7.22. The van der Waals surface area contributed by atoms with E-state index < -0.39 is 11.9 Å². The smallest absolute Gasteiger partial charge is 0.251 e. The average molecular weight is 445 g/mol. The van der Waals surface area contributed by atoms with E-state index in [1.54, 1.807) is 11.3 Å². The summed E-state index contributed by atoms with van der Waals surface area (Å²) in [4.78, 5) is 35.6. The summed E-state index contributed by atoms with van der Waals surface area (Å²) in [6, 6.07) is 11.4. The van der Waals surface area contributed by atoms with E-state index in [2.05, 4.69) is 15.9 Å². The maximum absolute atomic E-state index is 13.5. The van der Waals surface area contributed by atoms with Gasteiger partial charge in [0.2, 0.25) is 5.91 Å². The number of imide groups is 1. The molecule has 2 aromatic carbocycles. The SMILES string of the molecule is O=C1C[C@H](N2CCN(c3nc4ccccc4s3)CC2)C(=O)N1c1ccc(F)c(Cl)c1. The van der Waals surface area contributed by atoms with E-state index in [4.69, 9.17) is 16.6 Å². The molecular weight excluding hydrogens is 427 g/mol. The minimum Gasteiger partial charge on any atom is -0.345 e. The van der Waals surface area contributed by atoms with E-state index in [9.17, 15) is 14.0 Å². The number of hydrogen-bond acceptors (Lipinski definition) is 6. The molecule has 1 aromatic heterocycles. The number of aromatic nitrogens is 1. The Kier molecular flexibility index (Phi) is 4.92. The van der Waals surface area contributed by atoms with Crippen LogP contribution in [0.4, 0.5) is 15.2 Å². The van der Waals surface area contributed by atoms with Crippen molar-refractivity contribution in [2.24, 2.45) is 0 Å². The summed E-state index contributed by atoms with van der Waals surface area (Å²) in [7, 11) is 0. The van der Waals surface area contributed by atoms with Gasteiger partial charge in [-0.05, 0) is 30.3 Å². The number of hydrogen-bond donors (Lipinski definition) is 0. The largest absolute Gasteiger partial charge is 0.345 e. The standard InChI is InChI=1S/C21H18ClFN4O2S/c22-14-11-13(5-6-15(14)23)27-19(28)12-17(20(27)29)25-7-9-26(10-8-25)21-24-16-3-1-2-4-18(16)30-21/h1-6,11,17H,7-10,12H2/t17-/m0/s1. The molecule has 0 spiro atoms. The molecule has 0 bridgehead atoms. The Labute approximate surface area is 181 Å². The molecule has 0 unspecified atom stereocenters. The van der Waals surface area contributed by atoms with E-state index in [-0.39, 0.29) is 23.3 Å². The number of piperazine rings is 1. The Bertz CT molecular complexity index is 1110. The molecule has 9 heteroatoms. The molecule has 30 heavy (non-hydrogen) atoms. The second-order valence-corrected chi connectivity index (χ2v) is 8.79. The molecule has 2 aliphatic heterocycles. The Hall–Kier alpha value is -2.55. The molecule has 6 nitrogen and oxygen atoms in total. The summed E-state index contributed by atoms with van der Waals surface area (Å²) in [5.41, 5.74) is 1.30. The van der Waals surface area contributed by atoms with Gasteiger partial charge in [0.05, 0.1) is 33.4 Å². The first-order valence-electron chi connectivity index (χ1n) is 9.68. The number of benzene rings is 2. The molecule has 1 atom stereocenters. The van der Waals surface area contributed by atoms with E-state index >= 15 is 0 Å². The lowest BCUT2D eigenvalue weighted by Crippen LogP contribution is -2.52. The van der Waals surface area contributed by atoms with E-state index in [0.29, 0.717) is 18.8 Å². The Morgan fingerprint density at radius 1 is 1.07 bits per heavy atom. The van der Waals surface area contributed by atoms with Crippen LogP contribution in [-0.2, 0) is 9.59 Å². The van der Waals surface area contributed by atoms with Gasteiger partial charge in [-0.15, -0.1) is 0 Å². The number of carbonyl (C=O) groups is 2. The first kappa shape index (κ1) is 19.4. The van der Waals surface area contributed by atoms with Crippen molar-refractivity contribution in [3.8, 4) is 0 Å². The minimum atomic E-state index is -0.581. The predicted octanol–water partition coefficient (Wildman–Crippen LogP) is 3.54. The molecule has 154 valence electrons. The zero-order chi connectivity index (χ0) is 20.8. The average Bonchev–Trinajstić information content (AvgIpc) is 3.31. The first-order chi connectivity index (χ1) is 14.5. The van der Waals surface area contributed by atoms with Crippen molar-refractivity contribution in [2.75, 3.05) is 36.0 Å². The number of rotatable bonds is 3. The van der Waals surface area contributed by atoms with Crippen LogP contribution in [0.2, 0.25) is 5.02 Å². The fraction of sp³-hybridized carbons (Fsp3) is 0.286. The van der Waals surface area contributed by atoms with Crippen LogP contribution in [0.1, 0.15) is 6.42 Å². The molecule has 0 saturated carbocycles. The van der Waals surface area contributed by atoms with Gasteiger partial charge < -0.3 is 4.90 Å². The van der Waals surface area contributed by atoms with E-state index in [1.807, 2.05) is 18.2 Å². The predicted molar refractivity (Wildman–Crippen MR) is 116 cm³/mol. The van der Waals surface area contributed by atoms with Gasteiger partial charge in [-0.1, -0.05) is 35.1 Å². The molecule has 2 aliphatic rings. The highest BCUT2D eigenvalue weighted by atomic mass is 35.5. The van der Waals surface area contributed by atoms with E-state index in [1.165, 1.54) is 18.2 Å². The van der Waals surface area contributed by atoms with Gasteiger partial charge in [0.15, 0.2) is 5.13 Å². The third kappa shape index (κ3) is 3.34. The monoisotopic (exact) mass is 444 g/mol. The molecule has 5 rings (SSSR count). The third-order valence-electron chi connectivity index (χ3n) is 5.59. The Morgan fingerprint density at radius 2 is 1.83 bits per heavy atom. The van der Waals surface area contributed by atoms with Gasteiger partial charge in [0.1, 0.15) is 5.82 Å². The zero-order valence-corrected chi connectivity index (χ0v) is 17.5. The molecular formula is C21H18ClFN4O2S. The minimum absolute atomic E-state index is 0.110. The number of nitrogens with zero attached hydrogens (tertiary/aromatic N) is 4. The van der Waals surface area contributed by atoms with Gasteiger partial charge in [-0.25, -0.2) is 14.3 Å². The Balaban J connectivity index is 1.28. The maximum atomic E-state index is 13.5. The van der Waals surface area contributed by atoms with E-state index in [0.717, 1.165) is 33.3 Å². The summed E-state index contributed by atoms with van der Waals surface area (Å²) in [5.74, 6) is -1.15. The molecule has 0 N–H and O–H groups in total. The number of thiazole rings is 1. The van der Waals surface area contributed by atoms with Crippen molar-refractivity contribution in [3.05, 3.63) is 53.3 Å².